The van der Waals surface area contributed by atoms with E-state index in [2.05, 4.69) is 4.90 Å². The number of nitrogens with zero attached hydrogens (tertiary/aromatic N) is 2. The van der Waals surface area contributed by atoms with Crippen LogP contribution in [0.4, 0.5) is 0 Å². The van der Waals surface area contributed by atoms with Crippen molar-refractivity contribution in [1.82, 2.24) is 9.80 Å². The van der Waals surface area contributed by atoms with Crippen LogP contribution in [0.1, 0.15) is 34.5 Å². The molecule has 1 amide bonds. The molecule has 4 heteroatoms. The van der Waals surface area contributed by atoms with Gasteiger partial charge in [0.2, 0.25) is 0 Å². The SMILES string of the molecule is Cc1ccsc1C(=O)N1CCCN(CC2CC2)CC1. The first-order valence-electron chi connectivity index (χ1n) is 7.30. The maximum atomic E-state index is 12.5. The number of hydrogen-bond acceptors (Lipinski definition) is 3. The molecule has 1 aromatic heterocycles. The molecule has 2 aliphatic rings. The van der Waals surface area contributed by atoms with Gasteiger partial charge in [-0.15, -0.1) is 11.3 Å². The summed E-state index contributed by atoms with van der Waals surface area (Å²) in [7, 11) is 0. The van der Waals surface area contributed by atoms with E-state index in [9.17, 15) is 4.79 Å². The summed E-state index contributed by atoms with van der Waals surface area (Å²) >= 11 is 1.57. The third kappa shape index (κ3) is 3.18. The highest BCUT2D eigenvalue weighted by molar-refractivity contribution is 7.12. The number of thiophene rings is 1. The molecule has 0 N–H and O–H groups in total. The van der Waals surface area contributed by atoms with E-state index in [1.807, 2.05) is 23.3 Å². The Bertz CT molecular complexity index is 453. The van der Waals surface area contributed by atoms with Crippen molar-refractivity contribution in [3.8, 4) is 0 Å². The smallest absolute Gasteiger partial charge is 0.264 e. The van der Waals surface area contributed by atoms with Crippen molar-refractivity contribution in [2.45, 2.75) is 26.2 Å². The van der Waals surface area contributed by atoms with Crippen LogP contribution < -0.4 is 0 Å². The third-order valence-corrected chi connectivity index (χ3v) is 5.15. The fourth-order valence-electron chi connectivity index (χ4n) is 2.76. The van der Waals surface area contributed by atoms with Crippen LogP contribution in [-0.2, 0) is 0 Å². The molecule has 1 aliphatic heterocycles. The van der Waals surface area contributed by atoms with Gasteiger partial charge in [-0.3, -0.25) is 4.79 Å². The standard InChI is InChI=1S/C15H22N2OS/c1-12-5-10-19-14(12)15(18)17-7-2-6-16(8-9-17)11-13-3-4-13/h5,10,13H,2-4,6-9,11H2,1H3. The van der Waals surface area contributed by atoms with E-state index in [0.29, 0.717) is 0 Å². The first-order chi connectivity index (χ1) is 9.24. The van der Waals surface area contributed by atoms with Gasteiger partial charge in [-0.2, -0.15) is 0 Å². The predicted molar refractivity (Wildman–Crippen MR) is 78.7 cm³/mol. The summed E-state index contributed by atoms with van der Waals surface area (Å²) in [5.74, 6) is 1.18. The highest BCUT2D eigenvalue weighted by atomic mass is 32.1. The quantitative estimate of drug-likeness (QED) is 0.848. The van der Waals surface area contributed by atoms with Gasteiger partial charge in [0.15, 0.2) is 0 Å². The number of carbonyl (C=O) groups is 1. The highest BCUT2D eigenvalue weighted by Crippen LogP contribution is 2.30. The molecule has 0 aromatic carbocycles. The topological polar surface area (TPSA) is 23.6 Å². The summed E-state index contributed by atoms with van der Waals surface area (Å²) in [6.07, 6.45) is 3.93. The minimum Gasteiger partial charge on any atom is -0.337 e. The molecule has 0 unspecified atom stereocenters. The lowest BCUT2D eigenvalue weighted by molar-refractivity contribution is 0.0765. The normalized spacial score (nSPS) is 21.4. The maximum Gasteiger partial charge on any atom is 0.264 e. The second kappa shape index (κ2) is 5.63. The van der Waals surface area contributed by atoms with Crippen molar-refractivity contribution >= 4 is 17.2 Å². The average molecular weight is 278 g/mol. The van der Waals surface area contributed by atoms with Gasteiger partial charge in [0, 0.05) is 26.2 Å². The van der Waals surface area contributed by atoms with E-state index in [-0.39, 0.29) is 5.91 Å². The zero-order valence-corrected chi connectivity index (χ0v) is 12.4. The van der Waals surface area contributed by atoms with Crippen molar-refractivity contribution in [3.63, 3.8) is 0 Å². The Balaban J connectivity index is 1.59. The fraction of sp³-hybridized carbons (Fsp3) is 0.667. The van der Waals surface area contributed by atoms with Gasteiger partial charge in [0.25, 0.3) is 5.91 Å². The molecule has 0 atom stereocenters. The number of hydrogen-bond donors (Lipinski definition) is 0. The monoisotopic (exact) mass is 278 g/mol. The number of rotatable bonds is 3. The fourth-order valence-corrected chi connectivity index (χ4v) is 3.65. The van der Waals surface area contributed by atoms with Crippen LogP contribution >= 0.6 is 11.3 Å². The second-order valence-corrected chi connectivity index (χ2v) is 6.74. The minimum absolute atomic E-state index is 0.237. The molecule has 104 valence electrons. The largest absolute Gasteiger partial charge is 0.337 e. The molecule has 3 rings (SSSR count). The summed E-state index contributed by atoms with van der Waals surface area (Å²) in [6, 6.07) is 2.04. The lowest BCUT2D eigenvalue weighted by Gasteiger charge is -2.21. The molecule has 1 aromatic rings. The van der Waals surface area contributed by atoms with Gasteiger partial charge in [-0.1, -0.05) is 0 Å². The lowest BCUT2D eigenvalue weighted by atomic mass is 10.2. The molecule has 2 fully saturated rings. The van der Waals surface area contributed by atoms with Crippen LogP contribution in [0.5, 0.6) is 0 Å². The second-order valence-electron chi connectivity index (χ2n) is 5.82. The lowest BCUT2D eigenvalue weighted by Crippen LogP contribution is -2.35. The molecule has 0 bridgehead atoms. The molecule has 19 heavy (non-hydrogen) atoms. The van der Waals surface area contributed by atoms with Crippen LogP contribution in [0.15, 0.2) is 11.4 Å². The van der Waals surface area contributed by atoms with Gasteiger partial charge < -0.3 is 9.80 Å². The van der Waals surface area contributed by atoms with Crippen molar-refractivity contribution < 1.29 is 4.79 Å². The molecule has 0 spiro atoms. The van der Waals surface area contributed by atoms with E-state index >= 15 is 0 Å². The molecule has 1 aliphatic carbocycles. The first-order valence-corrected chi connectivity index (χ1v) is 8.18. The Morgan fingerprint density at radius 3 is 2.84 bits per heavy atom. The number of aryl methyl sites for hydroxylation is 1. The molecular weight excluding hydrogens is 256 g/mol. The van der Waals surface area contributed by atoms with Crippen LogP contribution in [0.25, 0.3) is 0 Å². The number of amides is 1. The van der Waals surface area contributed by atoms with E-state index < -0.39 is 0 Å². The first kappa shape index (κ1) is 13.1. The van der Waals surface area contributed by atoms with Crippen molar-refractivity contribution in [1.29, 1.82) is 0 Å². The summed E-state index contributed by atoms with van der Waals surface area (Å²) in [4.78, 5) is 18.0. The van der Waals surface area contributed by atoms with Crippen molar-refractivity contribution in [3.05, 3.63) is 21.9 Å². The van der Waals surface area contributed by atoms with E-state index in [1.165, 1.54) is 19.4 Å². The third-order valence-electron chi connectivity index (χ3n) is 4.15. The molecular formula is C15H22N2OS. The molecule has 2 heterocycles. The maximum absolute atomic E-state index is 12.5. The van der Waals surface area contributed by atoms with E-state index in [0.717, 1.165) is 49.0 Å². The van der Waals surface area contributed by atoms with Crippen LogP contribution in [0.2, 0.25) is 0 Å². The van der Waals surface area contributed by atoms with Gasteiger partial charge >= 0.3 is 0 Å². The van der Waals surface area contributed by atoms with E-state index in [4.69, 9.17) is 0 Å². The minimum atomic E-state index is 0.237. The Hall–Kier alpha value is -0.870. The van der Waals surface area contributed by atoms with Gasteiger partial charge in [0.05, 0.1) is 4.88 Å². The Kier molecular flexibility index (Phi) is 3.89. The zero-order chi connectivity index (χ0) is 13.2. The molecule has 0 radical (unpaired) electrons. The zero-order valence-electron chi connectivity index (χ0n) is 11.6. The van der Waals surface area contributed by atoms with Crippen LogP contribution in [0, 0.1) is 12.8 Å². The van der Waals surface area contributed by atoms with E-state index in [1.54, 1.807) is 11.3 Å². The summed E-state index contributed by atoms with van der Waals surface area (Å²) in [6.45, 7) is 7.29. The Labute approximate surface area is 119 Å². The van der Waals surface area contributed by atoms with Crippen molar-refractivity contribution in [2.24, 2.45) is 5.92 Å². The Morgan fingerprint density at radius 1 is 1.32 bits per heavy atom. The highest BCUT2D eigenvalue weighted by Gasteiger charge is 2.27. The van der Waals surface area contributed by atoms with Gasteiger partial charge in [-0.05, 0) is 55.7 Å². The summed E-state index contributed by atoms with van der Waals surface area (Å²) in [5, 5.41) is 2.01. The average Bonchev–Trinajstić information content (AvgIpc) is 3.16. The number of carbonyl (C=O) groups excluding carboxylic acids is 1. The summed E-state index contributed by atoms with van der Waals surface area (Å²) < 4.78 is 0. The van der Waals surface area contributed by atoms with Crippen LogP contribution in [0.3, 0.4) is 0 Å². The van der Waals surface area contributed by atoms with Crippen molar-refractivity contribution in [2.75, 3.05) is 32.7 Å². The predicted octanol–water partition coefficient (Wildman–Crippen LogP) is 2.61. The summed E-state index contributed by atoms with van der Waals surface area (Å²) in [5.41, 5.74) is 1.12. The Morgan fingerprint density at radius 2 is 2.16 bits per heavy atom. The molecule has 1 saturated carbocycles. The molecule has 1 saturated heterocycles. The van der Waals surface area contributed by atoms with Crippen LogP contribution in [-0.4, -0.2) is 48.4 Å². The molecule has 3 nitrogen and oxygen atoms in total. The van der Waals surface area contributed by atoms with Gasteiger partial charge in [0.1, 0.15) is 0 Å². The van der Waals surface area contributed by atoms with Gasteiger partial charge in [-0.25, -0.2) is 0 Å².